The molecule has 0 aromatic carbocycles. The molecule has 0 aliphatic rings. The molecule has 0 bridgehead atoms. The van der Waals surface area contributed by atoms with E-state index in [1.54, 1.807) is 6.92 Å². The van der Waals surface area contributed by atoms with Crippen molar-refractivity contribution in [2.75, 3.05) is 36.5 Å². The van der Waals surface area contributed by atoms with E-state index in [1.807, 2.05) is 0 Å². The number of nitrogens with zero attached hydrogens (tertiary/aromatic N) is 1. The Labute approximate surface area is 110 Å². The van der Waals surface area contributed by atoms with E-state index in [2.05, 4.69) is 20.3 Å². The first kappa shape index (κ1) is 15.6. The number of aromatic nitrogens is 1. The molecule has 0 aliphatic heterocycles. The van der Waals surface area contributed by atoms with Crippen molar-refractivity contribution in [1.82, 2.24) is 9.71 Å². The quantitative estimate of drug-likeness (QED) is 0.647. The summed E-state index contributed by atoms with van der Waals surface area (Å²) in [4.78, 5) is 3.75. The van der Waals surface area contributed by atoms with E-state index in [9.17, 15) is 17.2 Å². The summed E-state index contributed by atoms with van der Waals surface area (Å²) in [5.74, 6) is -1.80. The molecular weight excluding hydrogens is 278 g/mol. The lowest BCUT2D eigenvalue weighted by atomic mass is 10.4. The van der Waals surface area contributed by atoms with Crippen LogP contribution in [0.15, 0.2) is 6.07 Å². The van der Waals surface area contributed by atoms with E-state index in [4.69, 9.17) is 0 Å². The number of hydrogen-bond donors (Lipinski definition) is 3. The van der Waals surface area contributed by atoms with Gasteiger partial charge in [0.25, 0.3) is 0 Å². The van der Waals surface area contributed by atoms with Crippen LogP contribution in [0.4, 0.5) is 20.4 Å². The average molecular weight is 294 g/mol. The molecule has 0 amide bonds. The molecule has 0 aliphatic carbocycles. The fraction of sp³-hybridized carbons (Fsp3) is 0.500. The summed E-state index contributed by atoms with van der Waals surface area (Å²) >= 11 is 0. The molecule has 0 atom stereocenters. The van der Waals surface area contributed by atoms with Gasteiger partial charge in [0, 0.05) is 25.7 Å². The Balaban J connectivity index is 2.65. The van der Waals surface area contributed by atoms with Crippen molar-refractivity contribution in [2.45, 2.75) is 6.92 Å². The molecule has 3 N–H and O–H groups in total. The molecule has 1 aromatic heterocycles. The molecule has 9 heteroatoms. The first-order valence-electron chi connectivity index (χ1n) is 5.62. The van der Waals surface area contributed by atoms with Gasteiger partial charge in [-0.1, -0.05) is 0 Å². The van der Waals surface area contributed by atoms with Crippen molar-refractivity contribution >= 4 is 21.7 Å². The van der Waals surface area contributed by atoms with Crippen LogP contribution in [0.1, 0.15) is 6.92 Å². The highest BCUT2D eigenvalue weighted by atomic mass is 32.2. The van der Waals surface area contributed by atoms with Crippen molar-refractivity contribution < 1.29 is 17.2 Å². The van der Waals surface area contributed by atoms with Gasteiger partial charge in [0.2, 0.25) is 10.0 Å². The van der Waals surface area contributed by atoms with Crippen molar-refractivity contribution in [3.05, 3.63) is 17.7 Å². The van der Waals surface area contributed by atoms with Gasteiger partial charge < -0.3 is 10.6 Å². The zero-order valence-electron chi connectivity index (χ0n) is 10.6. The molecular formula is C10H16F2N4O2S. The molecule has 0 radical (unpaired) electrons. The molecule has 6 nitrogen and oxygen atoms in total. The second-order valence-corrected chi connectivity index (χ2v) is 5.61. The summed E-state index contributed by atoms with van der Waals surface area (Å²) in [5, 5.41) is 5.25. The van der Waals surface area contributed by atoms with Crippen LogP contribution in [0.25, 0.3) is 0 Å². The van der Waals surface area contributed by atoms with Crippen LogP contribution >= 0.6 is 0 Å². The fourth-order valence-electron chi connectivity index (χ4n) is 1.30. The van der Waals surface area contributed by atoms with Gasteiger partial charge in [-0.15, -0.1) is 0 Å². The summed E-state index contributed by atoms with van der Waals surface area (Å²) < 4.78 is 50.5. The third kappa shape index (κ3) is 5.35. The zero-order valence-corrected chi connectivity index (χ0v) is 11.4. The normalized spacial score (nSPS) is 11.4. The highest BCUT2D eigenvalue weighted by Crippen LogP contribution is 2.18. The molecule has 0 saturated heterocycles. The van der Waals surface area contributed by atoms with Crippen molar-refractivity contribution in [2.24, 2.45) is 0 Å². The Morgan fingerprint density at radius 2 is 1.74 bits per heavy atom. The van der Waals surface area contributed by atoms with Gasteiger partial charge in [-0.25, -0.2) is 26.9 Å². The minimum absolute atomic E-state index is 0.0533. The number of pyridine rings is 1. The van der Waals surface area contributed by atoms with E-state index in [-0.39, 0.29) is 24.7 Å². The van der Waals surface area contributed by atoms with Gasteiger partial charge in [-0.2, -0.15) is 0 Å². The molecule has 1 rings (SSSR count). The maximum Gasteiger partial charge on any atom is 0.208 e. The molecule has 0 unspecified atom stereocenters. The Morgan fingerprint density at radius 3 is 2.26 bits per heavy atom. The highest BCUT2D eigenvalue weighted by Gasteiger charge is 2.11. The van der Waals surface area contributed by atoms with E-state index in [0.29, 0.717) is 6.54 Å². The maximum absolute atomic E-state index is 13.4. The molecule has 0 spiro atoms. The monoisotopic (exact) mass is 294 g/mol. The van der Waals surface area contributed by atoms with E-state index < -0.39 is 21.7 Å². The van der Waals surface area contributed by atoms with Gasteiger partial charge in [-0.3, -0.25) is 0 Å². The van der Waals surface area contributed by atoms with E-state index in [0.717, 1.165) is 12.3 Å². The van der Waals surface area contributed by atoms with Crippen LogP contribution < -0.4 is 15.4 Å². The van der Waals surface area contributed by atoms with Crippen molar-refractivity contribution in [3.8, 4) is 0 Å². The topological polar surface area (TPSA) is 83.1 Å². The van der Waals surface area contributed by atoms with Crippen molar-refractivity contribution in [3.63, 3.8) is 0 Å². The minimum atomic E-state index is -3.29. The van der Waals surface area contributed by atoms with Crippen molar-refractivity contribution in [1.29, 1.82) is 0 Å². The van der Waals surface area contributed by atoms with Crippen LogP contribution in [-0.4, -0.2) is 39.3 Å². The van der Waals surface area contributed by atoms with Gasteiger partial charge >= 0.3 is 0 Å². The minimum Gasteiger partial charge on any atom is -0.368 e. The number of halogens is 2. The lowest BCUT2D eigenvalue weighted by Crippen LogP contribution is -2.28. The van der Waals surface area contributed by atoms with Crippen LogP contribution in [0.2, 0.25) is 0 Å². The Morgan fingerprint density at radius 1 is 1.16 bits per heavy atom. The first-order valence-corrected chi connectivity index (χ1v) is 7.51. The predicted molar refractivity (Wildman–Crippen MR) is 69.7 cm³/mol. The third-order valence-electron chi connectivity index (χ3n) is 2.06. The second-order valence-electron chi connectivity index (χ2n) is 3.77. The van der Waals surface area contributed by atoms with Gasteiger partial charge in [0.1, 0.15) is 0 Å². The van der Waals surface area contributed by atoms with Crippen LogP contribution in [-0.2, 0) is 10.0 Å². The molecule has 0 saturated carbocycles. The smallest absolute Gasteiger partial charge is 0.208 e. The molecule has 1 aromatic rings. The van der Waals surface area contributed by atoms with Crippen LogP contribution in [0.5, 0.6) is 0 Å². The number of anilines is 2. The summed E-state index contributed by atoms with van der Waals surface area (Å²) in [6.45, 7) is 2.42. The summed E-state index contributed by atoms with van der Waals surface area (Å²) in [7, 11) is -3.29. The SMILES string of the molecule is CCNc1nc(NCCNS(C)(=O)=O)c(F)cc1F. The van der Waals surface area contributed by atoms with Gasteiger partial charge in [-0.05, 0) is 6.92 Å². The Bertz CT molecular complexity index is 537. The lowest BCUT2D eigenvalue weighted by Gasteiger charge is -2.10. The Hall–Kier alpha value is -1.48. The predicted octanol–water partition coefficient (Wildman–Crippen LogP) is 0.753. The summed E-state index contributed by atoms with van der Waals surface area (Å²) in [5.41, 5.74) is 0. The number of hydrogen-bond acceptors (Lipinski definition) is 5. The number of sulfonamides is 1. The standard InChI is InChI=1S/C10H16F2N4O2S/c1-3-13-9-7(11)6-8(12)10(16-9)14-4-5-15-19(2,17)18/h6,15H,3-5H2,1-2H3,(H2,13,14,16). The largest absolute Gasteiger partial charge is 0.368 e. The Kier molecular flexibility index (Phi) is 5.43. The fourth-order valence-corrected chi connectivity index (χ4v) is 1.77. The van der Waals surface area contributed by atoms with Gasteiger partial charge in [0.15, 0.2) is 23.3 Å². The molecule has 19 heavy (non-hydrogen) atoms. The van der Waals surface area contributed by atoms with E-state index >= 15 is 0 Å². The highest BCUT2D eigenvalue weighted by molar-refractivity contribution is 7.88. The summed E-state index contributed by atoms with van der Waals surface area (Å²) in [6, 6.07) is 0.720. The van der Waals surface area contributed by atoms with Gasteiger partial charge in [0.05, 0.1) is 6.26 Å². The third-order valence-corrected chi connectivity index (χ3v) is 2.78. The number of rotatable bonds is 7. The molecule has 108 valence electrons. The molecule has 0 fully saturated rings. The average Bonchev–Trinajstić information content (AvgIpc) is 2.28. The van der Waals surface area contributed by atoms with E-state index in [1.165, 1.54) is 0 Å². The second kappa shape index (κ2) is 6.62. The maximum atomic E-state index is 13.4. The first-order chi connectivity index (χ1) is 8.83. The van der Waals surface area contributed by atoms with Crippen LogP contribution in [0.3, 0.4) is 0 Å². The summed E-state index contributed by atoms with van der Waals surface area (Å²) in [6.07, 6.45) is 1.02. The lowest BCUT2D eigenvalue weighted by molar-refractivity contribution is 0.577. The van der Waals surface area contributed by atoms with Crippen LogP contribution in [0, 0.1) is 11.6 Å². The molecule has 1 heterocycles. The zero-order chi connectivity index (χ0) is 14.5. The number of nitrogens with one attached hydrogen (secondary N) is 3.